The Morgan fingerprint density at radius 3 is 0.840 bits per heavy atom. The summed E-state index contributed by atoms with van der Waals surface area (Å²) >= 11 is 0. The summed E-state index contributed by atoms with van der Waals surface area (Å²) in [6.07, 6.45) is -4.55. The molecule has 0 radical (unpaired) electrons. The third-order valence-electron chi connectivity index (χ3n) is 16.3. The fourth-order valence-electron chi connectivity index (χ4n) is 11.4. The number of benzene rings is 10. The molecule has 1 nitrogen and oxygen atoms in total. The van der Waals surface area contributed by atoms with Crippen LogP contribution in [0.1, 0.15) is 111 Å². The van der Waals surface area contributed by atoms with Crippen LogP contribution in [-0.2, 0) is 27.8 Å². The number of aromatic nitrogens is 1. The van der Waals surface area contributed by atoms with Crippen LogP contribution in [0.15, 0.2) is 218 Å². The molecular formula is C77H72F3N. The molecule has 4 heteroatoms. The van der Waals surface area contributed by atoms with Gasteiger partial charge in [0.25, 0.3) is 0 Å². The van der Waals surface area contributed by atoms with Crippen LogP contribution in [0.3, 0.4) is 0 Å². The second-order valence-corrected chi connectivity index (χ2v) is 26.3. The highest BCUT2D eigenvalue weighted by molar-refractivity contribution is 6.12. The van der Waals surface area contributed by atoms with E-state index in [4.69, 9.17) is 0 Å². The van der Waals surface area contributed by atoms with E-state index in [0.717, 1.165) is 88.6 Å². The lowest BCUT2D eigenvalue weighted by molar-refractivity contribution is -0.137. The maximum atomic E-state index is 14.9. The molecule has 0 bridgehead atoms. The summed E-state index contributed by atoms with van der Waals surface area (Å²) < 4.78 is 46.9. The first-order valence-corrected chi connectivity index (χ1v) is 28.4. The predicted octanol–water partition coefficient (Wildman–Crippen LogP) is 22.7. The monoisotopic (exact) mass is 1070 g/mol. The van der Waals surface area contributed by atoms with Crippen LogP contribution in [0.4, 0.5) is 13.2 Å². The van der Waals surface area contributed by atoms with E-state index in [1.165, 1.54) is 34.4 Å². The average Bonchev–Trinajstić information content (AvgIpc) is 3.97. The van der Waals surface area contributed by atoms with Crippen molar-refractivity contribution in [3.05, 3.63) is 246 Å². The van der Waals surface area contributed by atoms with Gasteiger partial charge in [-0.15, -0.1) is 0 Å². The SMILES string of the molecule is CC(C)(C)c1ccc(-c2cc(-c3ccc(C(C)(C)C)cc3)cc(-c3ccc4c(c3)c3cc(-c5cc(-c6ccc(C(C)(C)C)cc6)cc(-c6ccc(C(C)(C)C)cc6)c5)ccc3n4-c3ccccc3-c3ccccc3C(F)(F)F)c2)cc1. The van der Waals surface area contributed by atoms with Gasteiger partial charge in [0.15, 0.2) is 0 Å². The van der Waals surface area contributed by atoms with Crippen molar-refractivity contribution in [2.75, 3.05) is 0 Å². The van der Waals surface area contributed by atoms with Gasteiger partial charge in [-0.2, -0.15) is 13.2 Å². The topological polar surface area (TPSA) is 4.93 Å². The van der Waals surface area contributed by atoms with Gasteiger partial charge in [-0.1, -0.05) is 229 Å². The van der Waals surface area contributed by atoms with Crippen LogP contribution in [0.2, 0.25) is 0 Å². The Bertz CT molecular complexity index is 3750. The van der Waals surface area contributed by atoms with Crippen molar-refractivity contribution in [1.82, 2.24) is 4.57 Å². The highest BCUT2D eigenvalue weighted by Gasteiger charge is 2.34. The Hall–Kier alpha value is -8.21. The van der Waals surface area contributed by atoms with Gasteiger partial charge in [0.05, 0.1) is 22.3 Å². The Kier molecular flexibility index (Phi) is 13.8. The Labute approximate surface area is 477 Å². The first kappa shape index (κ1) is 54.7. The zero-order valence-electron chi connectivity index (χ0n) is 48.9. The lowest BCUT2D eigenvalue weighted by atomic mass is 9.85. The van der Waals surface area contributed by atoms with Crippen molar-refractivity contribution in [2.24, 2.45) is 0 Å². The lowest BCUT2D eigenvalue weighted by Crippen LogP contribution is -2.10. The molecule has 1 aromatic heterocycles. The number of hydrogen-bond donors (Lipinski definition) is 0. The summed E-state index contributed by atoms with van der Waals surface area (Å²) in [4.78, 5) is 0. The summed E-state index contributed by atoms with van der Waals surface area (Å²) in [5.74, 6) is 0. The summed E-state index contributed by atoms with van der Waals surface area (Å²) in [6.45, 7) is 26.9. The molecular weight excluding hydrogens is 996 g/mol. The number of hydrogen-bond acceptors (Lipinski definition) is 0. The molecule has 11 aromatic rings. The van der Waals surface area contributed by atoms with Gasteiger partial charge < -0.3 is 4.57 Å². The van der Waals surface area contributed by atoms with Gasteiger partial charge in [0.1, 0.15) is 0 Å². The molecule has 0 N–H and O–H groups in total. The highest BCUT2D eigenvalue weighted by atomic mass is 19.4. The molecule has 0 saturated carbocycles. The molecule has 406 valence electrons. The zero-order valence-corrected chi connectivity index (χ0v) is 48.9. The molecule has 0 aliphatic heterocycles. The third-order valence-corrected chi connectivity index (χ3v) is 16.3. The second-order valence-electron chi connectivity index (χ2n) is 26.3. The molecule has 0 atom stereocenters. The van der Waals surface area contributed by atoms with Gasteiger partial charge in [-0.05, 0) is 189 Å². The molecule has 0 saturated heterocycles. The minimum absolute atomic E-state index is 0.0128. The van der Waals surface area contributed by atoms with Gasteiger partial charge in [-0.3, -0.25) is 0 Å². The largest absolute Gasteiger partial charge is 0.417 e. The van der Waals surface area contributed by atoms with E-state index in [9.17, 15) is 13.2 Å². The molecule has 0 amide bonds. The number of halogens is 3. The van der Waals surface area contributed by atoms with E-state index in [0.29, 0.717) is 11.3 Å². The Morgan fingerprint density at radius 2 is 0.531 bits per heavy atom. The molecule has 0 spiro atoms. The Morgan fingerprint density at radius 1 is 0.259 bits per heavy atom. The molecule has 0 aliphatic carbocycles. The van der Waals surface area contributed by atoms with Gasteiger partial charge in [0.2, 0.25) is 0 Å². The summed E-state index contributed by atoms with van der Waals surface area (Å²) in [6, 6.07) is 76.3. The number of nitrogens with zero attached hydrogens (tertiary/aromatic N) is 1. The van der Waals surface area contributed by atoms with Crippen molar-refractivity contribution >= 4 is 21.8 Å². The number of rotatable bonds is 8. The number of fused-ring (bicyclic) bond motifs is 3. The lowest BCUT2D eigenvalue weighted by Gasteiger charge is -2.20. The van der Waals surface area contributed by atoms with Gasteiger partial charge >= 0.3 is 6.18 Å². The zero-order chi connectivity index (χ0) is 57.4. The minimum atomic E-state index is -4.55. The van der Waals surface area contributed by atoms with E-state index in [2.05, 4.69) is 258 Å². The molecule has 0 unspecified atom stereocenters. The molecule has 81 heavy (non-hydrogen) atoms. The van der Waals surface area contributed by atoms with Crippen molar-refractivity contribution in [3.8, 4) is 83.6 Å². The van der Waals surface area contributed by atoms with Gasteiger partial charge in [-0.25, -0.2) is 0 Å². The maximum Gasteiger partial charge on any atom is 0.417 e. The van der Waals surface area contributed by atoms with E-state index < -0.39 is 11.7 Å². The van der Waals surface area contributed by atoms with Crippen LogP contribution in [0, 0.1) is 0 Å². The summed E-state index contributed by atoms with van der Waals surface area (Å²) in [7, 11) is 0. The summed E-state index contributed by atoms with van der Waals surface area (Å²) in [5.41, 5.74) is 20.7. The second kappa shape index (κ2) is 20.4. The predicted molar refractivity (Wildman–Crippen MR) is 339 cm³/mol. The molecule has 0 aliphatic rings. The Balaban J connectivity index is 1.15. The summed E-state index contributed by atoms with van der Waals surface area (Å²) in [5, 5.41) is 1.98. The van der Waals surface area contributed by atoms with Gasteiger partial charge in [0, 0.05) is 16.3 Å². The molecule has 11 rings (SSSR count). The maximum absolute atomic E-state index is 14.9. The van der Waals surface area contributed by atoms with E-state index in [-0.39, 0.29) is 27.2 Å². The van der Waals surface area contributed by atoms with Crippen LogP contribution < -0.4 is 0 Å². The molecule has 0 fully saturated rings. The first-order chi connectivity index (χ1) is 38.3. The number of para-hydroxylation sites is 1. The fraction of sp³-hybridized carbons (Fsp3) is 0.221. The molecule has 10 aromatic carbocycles. The van der Waals surface area contributed by atoms with Crippen LogP contribution in [0.5, 0.6) is 0 Å². The fourth-order valence-corrected chi connectivity index (χ4v) is 11.4. The average molecular weight is 1070 g/mol. The quantitative estimate of drug-likeness (QED) is 0.143. The van der Waals surface area contributed by atoms with Crippen molar-refractivity contribution in [3.63, 3.8) is 0 Å². The normalized spacial score (nSPS) is 12.6. The van der Waals surface area contributed by atoms with Crippen LogP contribution in [-0.4, -0.2) is 4.57 Å². The van der Waals surface area contributed by atoms with Crippen molar-refractivity contribution < 1.29 is 13.2 Å². The number of alkyl halides is 3. The van der Waals surface area contributed by atoms with Crippen molar-refractivity contribution in [1.29, 1.82) is 0 Å². The van der Waals surface area contributed by atoms with Crippen LogP contribution >= 0.6 is 0 Å². The van der Waals surface area contributed by atoms with Crippen LogP contribution in [0.25, 0.3) is 105 Å². The van der Waals surface area contributed by atoms with E-state index in [1.807, 2.05) is 24.3 Å². The molecule has 1 heterocycles. The highest BCUT2D eigenvalue weighted by Crippen LogP contribution is 2.45. The van der Waals surface area contributed by atoms with Crippen molar-refractivity contribution in [2.45, 2.75) is 111 Å². The van der Waals surface area contributed by atoms with E-state index >= 15 is 0 Å². The smallest absolute Gasteiger partial charge is 0.309 e. The van der Waals surface area contributed by atoms with E-state index in [1.54, 1.807) is 12.1 Å². The third kappa shape index (κ3) is 11.1. The standard InChI is InChI=1S/C77H72F3N/c1-73(2,3)61-31-21-49(22-32-61)55-41-56(50-23-33-62(34-24-50)74(4,5)6)44-59(43-55)53-29-39-71-67(47-53)68-48-54(30-40-72(68)81(71)70-20-16-14-18-66(70)65-17-13-15-19-69(65)77(78,79)80)60-45-57(51-25-35-63(36-26-51)75(7,8)9)42-58(46-60)52-27-37-64(38-28-52)76(10,11)12/h13-48H,1-12H3. The first-order valence-electron chi connectivity index (χ1n) is 28.4. The minimum Gasteiger partial charge on any atom is -0.309 e.